The molecule has 0 aliphatic heterocycles. The van der Waals surface area contributed by atoms with E-state index in [0.717, 1.165) is 31.2 Å². The molecule has 0 fully saturated rings. The molecule has 0 aliphatic carbocycles. The predicted octanol–water partition coefficient (Wildman–Crippen LogP) is 3.99. The second-order valence-corrected chi connectivity index (χ2v) is 5.47. The number of hydrogen-bond donors (Lipinski definition) is 3. The number of carbonyl (C=O) groups excluding carboxylic acids is 2. The van der Waals surface area contributed by atoms with Crippen molar-refractivity contribution < 1.29 is 31.5 Å². The highest BCUT2D eigenvalue weighted by atomic mass is 19.4. The van der Waals surface area contributed by atoms with Crippen LogP contribution in [0.3, 0.4) is 0 Å². The molecule has 3 N–H and O–H groups in total. The average molecular weight is 387 g/mol. The minimum absolute atomic E-state index is 0.0633. The number of nitrogens with one attached hydrogen (secondary N) is 3. The third-order valence-electron chi connectivity index (χ3n) is 3.29. The van der Waals surface area contributed by atoms with Gasteiger partial charge in [0, 0.05) is 24.4 Å². The lowest BCUT2D eigenvalue weighted by molar-refractivity contribution is -0.137. The van der Waals surface area contributed by atoms with Crippen molar-refractivity contribution in [3.63, 3.8) is 0 Å². The van der Waals surface area contributed by atoms with E-state index in [1.807, 2.05) is 0 Å². The third-order valence-corrected chi connectivity index (χ3v) is 3.29. The molecule has 0 radical (unpaired) electrons. The molecule has 0 aliphatic rings. The standard InChI is InChI=1S/C17H14F5N3O2/c1-9(26)24-11-3-5-14(12(7-11)17(20,21)22)23-8-16(27)25-15-6-10(18)2-4-13(15)19/h2-7,23H,8H2,1H3,(H,24,26)(H,25,27). The first-order valence-electron chi connectivity index (χ1n) is 7.54. The Morgan fingerprint density at radius 3 is 2.30 bits per heavy atom. The van der Waals surface area contributed by atoms with Gasteiger partial charge in [0.25, 0.3) is 0 Å². The van der Waals surface area contributed by atoms with Crippen molar-refractivity contribution in [3.05, 3.63) is 53.6 Å². The molecular weight excluding hydrogens is 373 g/mol. The third kappa shape index (κ3) is 5.66. The highest BCUT2D eigenvalue weighted by Crippen LogP contribution is 2.36. The van der Waals surface area contributed by atoms with Gasteiger partial charge >= 0.3 is 6.18 Å². The maximum atomic E-state index is 13.5. The smallest absolute Gasteiger partial charge is 0.376 e. The van der Waals surface area contributed by atoms with Crippen LogP contribution < -0.4 is 16.0 Å². The predicted molar refractivity (Wildman–Crippen MR) is 89.2 cm³/mol. The first kappa shape index (κ1) is 20.1. The number of hydrogen-bond acceptors (Lipinski definition) is 3. The summed E-state index contributed by atoms with van der Waals surface area (Å²) in [6.45, 7) is 0.522. The Kier molecular flexibility index (Phi) is 5.98. The lowest BCUT2D eigenvalue weighted by Crippen LogP contribution is -2.23. The molecule has 0 bridgehead atoms. The monoisotopic (exact) mass is 387 g/mol. The largest absolute Gasteiger partial charge is 0.418 e. The number of halogens is 5. The molecule has 2 rings (SSSR count). The fraction of sp³-hybridized carbons (Fsp3) is 0.176. The van der Waals surface area contributed by atoms with Gasteiger partial charge in [-0.15, -0.1) is 0 Å². The molecule has 0 saturated carbocycles. The summed E-state index contributed by atoms with van der Waals surface area (Å²) in [4.78, 5) is 22.8. The molecule has 5 nitrogen and oxygen atoms in total. The Hall–Kier alpha value is -3.17. The van der Waals surface area contributed by atoms with Crippen LogP contribution in [0.1, 0.15) is 12.5 Å². The highest BCUT2D eigenvalue weighted by Gasteiger charge is 2.34. The second kappa shape index (κ2) is 8.02. The van der Waals surface area contributed by atoms with E-state index in [9.17, 15) is 31.5 Å². The Morgan fingerprint density at radius 2 is 1.67 bits per heavy atom. The van der Waals surface area contributed by atoms with E-state index < -0.39 is 53.1 Å². The SMILES string of the molecule is CC(=O)Nc1ccc(NCC(=O)Nc2cc(F)ccc2F)c(C(F)(F)F)c1. The summed E-state index contributed by atoms with van der Waals surface area (Å²) in [5.41, 5.74) is -2.00. The molecule has 0 spiro atoms. The van der Waals surface area contributed by atoms with Crippen LogP contribution in [0.25, 0.3) is 0 Å². The minimum atomic E-state index is -4.75. The molecule has 10 heteroatoms. The zero-order valence-electron chi connectivity index (χ0n) is 13.9. The molecule has 0 unspecified atom stereocenters. The van der Waals surface area contributed by atoms with Gasteiger partial charge in [-0.25, -0.2) is 8.78 Å². The molecule has 0 atom stereocenters. The fourth-order valence-electron chi connectivity index (χ4n) is 2.18. The molecule has 0 aromatic heterocycles. The number of alkyl halides is 3. The van der Waals surface area contributed by atoms with Crippen LogP contribution in [-0.4, -0.2) is 18.4 Å². The van der Waals surface area contributed by atoms with Crippen LogP contribution in [-0.2, 0) is 15.8 Å². The summed E-state index contributed by atoms with van der Waals surface area (Å²) in [5, 5.41) is 6.59. The molecule has 0 saturated heterocycles. The quantitative estimate of drug-likeness (QED) is 0.680. The normalized spacial score (nSPS) is 11.0. The van der Waals surface area contributed by atoms with Gasteiger partial charge in [0.15, 0.2) is 0 Å². The number of anilines is 3. The summed E-state index contributed by atoms with van der Waals surface area (Å²) >= 11 is 0. The van der Waals surface area contributed by atoms with E-state index in [1.165, 1.54) is 6.07 Å². The highest BCUT2D eigenvalue weighted by molar-refractivity contribution is 5.94. The Labute approximate surface area is 150 Å². The summed E-state index contributed by atoms with van der Waals surface area (Å²) in [7, 11) is 0. The van der Waals surface area contributed by atoms with Crippen molar-refractivity contribution in [1.29, 1.82) is 0 Å². The molecule has 2 aromatic carbocycles. The van der Waals surface area contributed by atoms with Gasteiger partial charge in [-0.1, -0.05) is 0 Å². The number of benzene rings is 2. The maximum absolute atomic E-state index is 13.5. The van der Waals surface area contributed by atoms with E-state index in [1.54, 1.807) is 0 Å². The minimum Gasteiger partial charge on any atom is -0.376 e. The van der Waals surface area contributed by atoms with Gasteiger partial charge in [-0.2, -0.15) is 13.2 Å². The Morgan fingerprint density at radius 1 is 0.963 bits per heavy atom. The van der Waals surface area contributed by atoms with Crippen LogP contribution in [0.5, 0.6) is 0 Å². The fourth-order valence-corrected chi connectivity index (χ4v) is 2.18. The van der Waals surface area contributed by atoms with Gasteiger partial charge in [0.2, 0.25) is 11.8 Å². The first-order chi connectivity index (χ1) is 12.6. The zero-order chi connectivity index (χ0) is 20.2. The van der Waals surface area contributed by atoms with Crippen LogP contribution in [0.2, 0.25) is 0 Å². The molecule has 2 amide bonds. The van der Waals surface area contributed by atoms with Crippen LogP contribution in [0, 0.1) is 11.6 Å². The maximum Gasteiger partial charge on any atom is 0.418 e. The van der Waals surface area contributed by atoms with E-state index in [0.29, 0.717) is 6.07 Å². The van der Waals surface area contributed by atoms with Crippen molar-refractivity contribution in [3.8, 4) is 0 Å². The topological polar surface area (TPSA) is 70.2 Å². The molecular formula is C17H14F5N3O2. The van der Waals surface area contributed by atoms with Crippen molar-refractivity contribution in [1.82, 2.24) is 0 Å². The number of amides is 2. The number of rotatable bonds is 5. The molecule has 27 heavy (non-hydrogen) atoms. The van der Waals surface area contributed by atoms with Crippen LogP contribution in [0.4, 0.5) is 39.0 Å². The van der Waals surface area contributed by atoms with Gasteiger partial charge in [-0.05, 0) is 30.3 Å². The molecule has 144 valence electrons. The summed E-state index contributed by atoms with van der Waals surface area (Å²) < 4.78 is 66.1. The average Bonchev–Trinajstić information content (AvgIpc) is 2.55. The Balaban J connectivity index is 2.13. The van der Waals surface area contributed by atoms with Crippen molar-refractivity contribution in [2.24, 2.45) is 0 Å². The second-order valence-electron chi connectivity index (χ2n) is 5.47. The molecule has 2 aromatic rings. The van der Waals surface area contributed by atoms with E-state index in [-0.39, 0.29) is 5.69 Å². The van der Waals surface area contributed by atoms with E-state index >= 15 is 0 Å². The Bertz CT molecular complexity index is 868. The zero-order valence-corrected chi connectivity index (χ0v) is 13.9. The van der Waals surface area contributed by atoms with E-state index in [2.05, 4.69) is 16.0 Å². The van der Waals surface area contributed by atoms with Crippen LogP contribution >= 0.6 is 0 Å². The van der Waals surface area contributed by atoms with Gasteiger partial charge < -0.3 is 16.0 Å². The van der Waals surface area contributed by atoms with Gasteiger partial charge in [0.1, 0.15) is 11.6 Å². The van der Waals surface area contributed by atoms with Crippen molar-refractivity contribution in [2.45, 2.75) is 13.1 Å². The van der Waals surface area contributed by atoms with Gasteiger partial charge in [-0.3, -0.25) is 9.59 Å². The van der Waals surface area contributed by atoms with Crippen LogP contribution in [0.15, 0.2) is 36.4 Å². The first-order valence-corrected chi connectivity index (χ1v) is 7.54. The lowest BCUT2D eigenvalue weighted by Gasteiger charge is -2.16. The van der Waals surface area contributed by atoms with Crippen molar-refractivity contribution >= 4 is 28.9 Å². The van der Waals surface area contributed by atoms with Gasteiger partial charge in [0.05, 0.1) is 17.8 Å². The number of carbonyl (C=O) groups is 2. The van der Waals surface area contributed by atoms with Crippen molar-refractivity contribution in [2.75, 3.05) is 22.5 Å². The summed E-state index contributed by atoms with van der Waals surface area (Å²) in [5.74, 6) is -3.09. The summed E-state index contributed by atoms with van der Waals surface area (Å²) in [6, 6.07) is 5.40. The molecule has 0 heterocycles. The lowest BCUT2D eigenvalue weighted by atomic mass is 10.1. The summed E-state index contributed by atoms with van der Waals surface area (Å²) in [6.07, 6.45) is -4.75. The van der Waals surface area contributed by atoms with E-state index in [4.69, 9.17) is 0 Å².